The second kappa shape index (κ2) is 8.74. The van der Waals surface area contributed by atoms with Crippen molar-refractivity contribution in [2.24, 2.45) is 0 Å². The van der Waals surface area contributed by atoms with E-state index in [0.29, 0.717) is 16.4 Å². The second-order valence-electron chi connectivity index (χ2n) is 6.80. The van der Waals surface area contributed by atoms with Gasteiger partial charge in [-0.2, -0.15) is 0 Å². The first kappa shape index (κ1) is 21.4. The fourth-order valence-electron chi connectivity index (χ4n) is 3.16. The fraction of sp³-hybridized carbons (Fsp3) is 0.0909. The molecule has 0 saturated carbocycles. The van der Waals surface area contributed by atoms with Crippen LogP contribution in [-0.2, 0) is 19.6 Å². The summed E-state index contributed by atoms with van der Waals surface area (Å²) in [7, 11) is -3.68. The van der Waals surface area contributed by atoms with Gasteiger partial charge in [-0.25, -0.2) is 13.3 Å². The van der Waals surface area contributed by atoms with Crippen LogP contribution in [0.5, 0.6) is 0 Å². The SMILES string of the molecule is O=C1CC(Sc2ccc(NS(=O)(=O)c3ccccc3)cc2)C(=O)N1c1cccc(Cl)c1. The molecule has 0 radical (unpaired) electrons. The largest absolute Gasteiger partial charge is 0.280 e. The molecule has 2 amide bonds. The van der Waals surface area contributed by atoms with Gasteiger partial charge in [0.1, 0.15) is 0 Å². The summed E-state index contributed by atoms with van der Waals surface area (Å²) in [6.07, 6.45) is 0.0817. The summed E-state index contributed by atoms with van der Waals surface area (Å²) in [6, 6.07) is 21.4. The molecule has 3 aromatic rings. The fourth-order valence-corrected chi connectivity index (χ4v) is 5.48. The molecule has 1 aliphatic rings. The molecule has 31 heavy (non-hydrogen) atoms. The highest BCUT2D eigenvalue weighted by atomic mass is 35.5. The number of carbonyl (C=O) groups is 2. The highest BCUT2D eigenvalue weighted by Crippen LogP contribution is 2.35. The van der Waals surface area contributed by atoms with E-state index in [1.54, 1.807) is 66.7 Å². The topological polar surface area (TPSA) is 83.5 Å². The first-order valence-corrected chi connectivity index (χ1v) is 12.0. The van der Waals surface area contributed by atoms with Gasteiger partial charge in [0.05, 0.1) is 15.8 Å². The average molecular weight is 473 g/mol. The minimum atomic E-state index is -3.68. The number of amides is 2. The van der Waals surface area contributed by atoms with Crippen LogP contribution >= 0.6 is 23.4 Å². The highest BCUT2D eigenvalue weighted by molar-refractivity contribution is 8.00. The minimum absolute atomic E-state index is 0.0817. The molecule has 1 aliphatic heterocycles. The van der Waals surface area contributed by atoms with E-state index in [0.717, 1.165) is 9.80 Å². The first-order valence-electron chi connectivity index (χ1n) is 9.30. The second-order valence-corrected chi connectivity index (χ2v) is 10.2. The van der Waals surface area contributed by atoms with Crippen molar-refractivity contribution in [2.75, 3.05) is 9.62 Å². The predicted octanol–water partition coefficient (Wildman–Crippen LogP) is 4.57. The zero-order chi connectivity index (χ0) is 22.0. The van der Waals surface area contributed by atoms with Crippen molar-refractivity contribution in [1.29, 1.82) is 0 Å². The molecule has 4 rings (SSSR count). The number of benzene rings is 3. The van der Waals surface area contributed by atoms with Crippen molar-refractivity contribution in [3.8, 4) is 0 Å². The Bertz CT molecular complexity index is 1230. The monoisotopic (exact) mass is 472 g/mol. The Hall–Kier alpha value is -2.81. The molecule has 1 unspecified atom stereocenters. The first-order chi connectivity index (χ1) is 14.8. The number of rotatable bonds is 6. The van der Waals surface area contributed by atoms with Crippen molar-refractivity contribution >= 4 is 56.6 Å². The average Bonchev–Trinajstić information content (AvgIpc) is 3.03. The Balaban J connectivity index is 1.45. The van der Waals surface area contributed by atoms with Crippen LogP contribution in [0.1, 0.15) is 6.42 Å². The third-order valence-electron chi connectivity index (χ3n) is 4.61. The van der Waals surface area contributed by atoms with Crippen LogP contribution in [0, 0.1) is 0 Å². The Morgan fingerprint density at radius 3 is 2.32 bits per heavy atom. The number of anilines is 2. The molecule has 0 spiro atoms. The summed E-state index contributed by atoms with van der Waals surface area (Å²) in [6.45, 7) is 0. The van der Waals surface area contributed by atoms with Crippen LogP contribution in [0.3, 0.4) is 0 Å². The van der Waals surface area contributed by atoms with E-state index in [2.05, 4.69) is 4.72 Å². The van der Waals surface area contributed by atoms with E-state index >= 15 is 0 Å². The van der Waals surface area contributed by atoms with Crippen LogP contribution in [0.2, 0.25) is 5.02 Å². The molecule has 0 aliphatic carbocycles. The Morgan fingerprint density at radius 1 is 0.935 bits per heavy atom. The lowest BCUT2D eigenvalue weighted by molar-refractivity contribution is -0.121. The van der Waals surface area contributed by atoms with Gasteiger partial charge in [-0.05, 0) is 54.6 Å². The summed E-state index contributed by atoms with van der Waals surface area (Å²) >= 11 is 7.25. The van der Waals surface area contributed by atoms with Crippen molar-refractivity contribution < 1.29 is 18.0 Å². The quantitative estimate of drug-likeness (QED) is 0.531. The maximum Gasteiger partial charge on any atom is 0.261 e. The number of sulfonamides is 1. The lowest BCUT2D eigenvalue weighted by atomic mass is 10.3. The van der Waals surface area contributed by atoms with Crippen LogP contribution in [-0.4, -0.2) is 25.5 Å². The number of halogens is 1. The van der Waals surface area contributed by atoms with E-state index in [4.69, 9.17) is 11.6 Å². The van der Waals surface area contributed by atoms with E-state index in [1.807, 2.05) is 0 Å². The predicted molar refractivity (Wildman–Crippen MR) is 122 cm³/mol. The van der Waals surface area contributed by atoms with Crippen molar-refractivity contribution in [1.82, 2.24) is 0 Å². The molecule has 1 atom stereocenters. The Morgan fingerprint density at radius 2 is 1.65 bits per heavy atom. The number of nitrogens with zero attached hydrogens (tertiary/aromatic N) is 1. The smallest absolute Gasteiger partial charge is 0.261 e. The van der Waals surface area contributed by atoms with Gasteiger partial charge in [0, 0.05) is 22.0 Å². The molecule has 0 bridgehead atoms. The molecule has 1 fully saturated rings. The number of imide groups is 1. The summed E-state index contributed by atoms with van der Waals surface area (Å²) in [4.78, 5) is 27.3. The normalized spacial score (nSPS) is 16.5. The van der Waals surface area contributed by atoms with Crippen LogP contribution in [0.25, 0.3) is 0 Å². The van der Waals surface area contributed by atoms with Gasteiger partial charge in [-0.3, -0.25) is 14.3 Å². The van der Waals surface area contributed by atoms with E-state index < -0.39 is 15.3 Å². The highest BCUT2D eigenvalue weighted by Gasteiger charge is 2.40. The molecular weight excluding hydrogens is 456 g/mol. The Kier molecular flexibility index (Phi) is 6.04. The van der Waals surface area contributed by atoms with Gasteiger partial charge in [-0.15, -0.1) is 11.8 Å². The number of nitrogens with one attached hydrogen (secondary N) is 1. The molecular formula is C22H17ClN2O4S2. The summed E-state index contributed by atoms with van der Waals surface area (Å²) in [5.74, 6) is -0.580. The van der Waals surface area contributed by atoms with Crippen molar-refractivity contribution in [3.05, 3.63) is 83.9 Å². The van der Waals surface area contributed by atoms with Gasteiger partial charge in [0.15, 0.2) is 0 Å². The third kappa shape index (κ3) is 4.76. The van der Waals surface area contributed by atoms with E-state index in [9.17, 15) is 18.0 Å². The maximum atomic E-state index is 12.8. The van der Waals surface area contributed by atoms with Crippen LogP contribution in [0.4, 0.5) is 11.4 Å². The molecule has 6 nitrogen and oxygen atoms in total. The molecule has 3 aromatic carbocycles. The number of hydrogen-bond donors (Lipinski definition) is 1. The number of thioether (sulfide) groups is 1. The molecule has 158 valence electrons. The lowest BCUT2D eigenvalue weighted by Gasteiger charge is -2.15. The van der Waals surface area contributed by atoms with Gasteiger partial charge >= 0.3 is 0 Å². The van der Waals surface area contributed by atoms with Crippen LogP contribution < -0.4 is 9.62 Å². The molecule has 1 heterocycles. The van der Waals surface area contributed by atoms with Gasteiger partial charge in [0.25, 0.3) is 10.0 Å². The lowest BCUT2D eigenvalue weighted by Crippen LogP contribution is -2.31. The van der Waals surface area contributed by atoms with Gasteiger partial charge in [0.2, 0.25) is 11.8 Å². The minimum Gasteiger partial charge on any atom is -0.280 e. The molecule has 9 heteroatoms. The summed E-state index contributed by atoms with van der Waals surface area (Å²) < 4.78 is 27.4. The van der Waals surface area contributed by atoms with E-state index in [1.165, 1.54) is 23.9 Å². The summed E-state index contributed by atoms with van der Waals surface area (Å²) in [5, 5.41) is -0.110. The molecule has 1 N–H and O–H groups in total. The van der Waals surface area contributed by atoms with Crippen LogP contribution in [0.15, 0.2) is 88.7 Å². The zero-order valence-electron chi connectivity index (χ0n) is 16.1. The van der Waals surface area contributed by atoms with E-state index in [-0.39, 0.29) is 23.1 Å². The zero-order valence-corrected chi connectivity index (χ0v) is 18.5. The summed E-state index contributed by atoms with van der Waals surface area (Å²) in [5.41, 5.74) is 0.860. The Labute approximate surface area is 189 Å². The molecule has 1 saturated heterocycles. The number of hydrogen-bond acceptors (Lipinski definition) is 5. The van der Waals surface area contributed by atoms with Crippen molar-refractivity contribution in [3.63, 3.8) is 0 Å². The van der Waals surface area contributed by atoms with Gasteiger partial charge < -0.3 is 0 Å². The number of carbonyl (C=O) groups excluding carboxylic acids is 2. The van der Waals surface area contributed by atoms with Gasteiger partial charge in [-0.1, -0.05) is 35.9 Å². The van der Waals surface area contributed by atoms with Crippen molar-refractivity contribution in [2.45, 2.75) is 21.5 Å². The molecule has 0 aromatic heterocycles. The standard InChI is InChI=1S/C22H17ClN2O4S2/c23-15-5-4-6-17(13-15)25-21(26)14-20(22(25)27)30-18-11-9-16(10-12-18)24-31(28,29)19-7-2-1-3-8-19/h1-13,20,24H,14H2. The third-order valence-corrected chi connectivity index (χ3v) is 7.44. The maximum absolute atomic E-state index is 12.8.